The van der Waals surface area contributed by atoms with Crippen LogP contribution in [0.25, 0.3) is 10.9 Å². The largest absolute Gasteiger partial charge is 0.354 e. The first kappa shape index (κ1) is 17.5. The molecule has 1 aliphatic carbocycles. The first-order valence-corrected chi connectivity index (χ1v) is 10.3. The summed E-state index contributed by atoms with van der Waals surface area (Å²) in [5.41, 5.74) is 0.948. The summed E-state index contributed by atoms with van der Waals surface area (Å²) in [5.74, 6) is 0.279. The molecule has 28 heavy (non-hydrogen) atoms. The average Bonchev–Trinajstić information content (AvgIpc) is 3.38. The number of nitrogens with zero attached hydrogens (tertiary/aromatic N) is 2. The van der Waals surface area contributed by atoms with Gasteiger partial charge in [0.1, 0.15) is 12.1 Å². The van der Waals surface area contributed by atoms with E-state index in [0.29, 0.717) is 13.1 Å². The second-order valence-electron chi connectivity index (χ2n) is 8.37. The number of piperidine rings is 1. The molecule has 1 saturated carbocycles. The molecule has 1 atom stereocenters. The molecule has 3 aliphatic rings. The number of Topliss-reactive ketones (excluding diaryl/α,β-unsaturated/α-hetero) is 1. The highest BCUT2D eigenvalue weighted by molar-refractivity contribution is 6.10. The predicted molar refractivity (Wildman–Crippen MR) is 105 cm³/mol. The lowest BCUT2D eigenvalue weighted by Crippen LogP contribution is -2.60. The fourth-order valence-corrected chi connectivity index (χ4v) is 4.97. The van der Waals surface area contributed by atoms with Crippen LogP contribution in [0, 0.1) is 5.92 Å². The minimum atomic E-state index is -0.676. The third-order valence-electron chi connectivity index (χ3n) is 6.57. The van der Waals surface area contributed by atoms with Crippen molar-refractivity contribution in [1.82, 2.24) is 14.8 Å². The Kier molecular flexibility index (Phi) is 4.03. The number of ketones is 1. The fourth-order valence-electron chi connectivity index (χ4n) is 4.97. The smallest absolute Gasteiger partial charge is 0.245 e. The summed E-state index contributed by atoms with van der Waals surface area (Å²) in [5, 5.41) is 3.86. The molecule has 2 aliphatic heterocycles. The maximum absolute atomic E-state index is 13.2. The van der Waals surface area contributed by atoms with E-state index >= 15 is 0 Å². The van der Waals surface area contributed by atoms with Crippen LogP contribution in [-0.2, 0) is 16.1 Å². The van der Waals surface area contributed by atoms with Crippen molar-refractivity contribution in [2.24, 2.45) is 5.92 Å². The second kappa shape index (κ2) is 6.47. The van der Waals surface area contributed by atoms with Crippen molar-refractivity contribution >= 4 is 28.5 Å². The van der Waals surface area contributed by atoms with Gasteiger partial charge in [-0.15, -0.1) is 0 Å². The van der Waals surface area contributed by atoms with Crippen molar-refractivity contribution in [1.29, 1.82) is 0 Å². The number of carbonyl (C=O) groups excluding carboxylic acids is 3. The lowest BCUT2D eigenvalue weighted by atomic mass is 9.86. The summed E-state index contributed by atoms with van der Waals surface area (Å²) in [6.07, 6.45) is 7.00. The molecule has 1 N–H and O–H groups in total. The molecular weight excluding hydrogens is 354 g/mol. The zero-order valence-electron chi connectivity index (χ0n) is 15.9. The Balaban J connectivity index is 1.46. The van der Waals surface area contributed by atoms with Gasteiger partial charge in [-0.1, -0.05) is 18.2 Å². The molecule has 146 valence electrons. The van der Waals surface area contributed by atoms with Gasteiger partial charge < -0.3 is 14.8 Å². The van der Waals surface area contributed by atoms with Crippen LogP contribution in [0.15, 0.2) is 30.5 Å². The number of carbonyl (C=O) groups is 3. The summed E-state index contributed by atoms with van der Waals surface area (Å²) >= 11 is 0. The number of amides is 2. The maximum atomic E-state index is 13.2. The van der Waals surface area contributed by atoms with Crippen molar-refractivity contribution in [3.8, 4) is 0 Å². The molecule has 3 fully saturated rings. The van der Waals surface area contributed by atoms with Crippen LogP contribution in [-0.4, -0.2) is 45.7 Å². The first-order chi connectivity index (χ1) is 13.6. The monoisotopic (exact) mass is 379 g/mol. The summed E-state index contributed by atoms with van der Waals surface area (Å²) in [6.45, 7) is 1.48. The van der Waals surface area contributed by atoms with Gasteiger partial charge >= 0.3 is 0 Å². The fraction of sp³-hybridized carbons (Fsp3) is 0.500. The lowest BCUT2D eigenvalue weighted by Gasteiger charge is -2.40. The molecule has 1 spiro atoms. The number of benzene rings is 1. The maximum Gasteiger partial charge on any atom is 0.245 e. The van der Waals surface area contributed by atoms with Gasteiger partial charge in [-0.05, 0) is 44.6 Å². The molecule has 2 saturated heterocycles. The zero-order chi connectivity index (χ0) is 19.3. The molecule has 1 aromatic carbocycles. The Hall–Kier alpha value is -2.63. The number of hydrogen-bond donors (Lipinski definition) is 1. The highest BCUT2D eigenvalue weighted by Crippen LogP contribution is 2.37. The number of likely N-dealkylation sites (tertiary alicyclic amines) is 1. The van der Waals surface area contributed by atoms with Gasteiger partial charge in [-0.25, -0.2) is 0 Å². The molecule has 0 bridgehead atoms. The molecule has 1 unspecified atom stereocenters. The van der Waals surface area contributed by atoms with Crippen LogP contribution in [0.1, 0.15) is 48.9 Å². The van der Waals surface area contributed by atoms with E-state index in [4.69, 9.17) is 0 Å². The van der Waals surface area contributed by atoms with Gasteiger partial charge in [0, 0.05) is 41.7 Å². The summed E-state index contributed by atoms with van der Waals surface area (Å²) < 4.78 is 1.89. The van der Waals surface area contributed by atoms with E-state index in [2.05, 4.69) is 5.32 Å². The van der Waals surface area contributed by atoms with E-state index in [1.165, 1.54) is 0 Å². The number of aromatic nitrogens is 1. The zero-order valence-corrected chi connectivity index (χ0v) is 15.9. The SMILES string of the molecule is O=C(c1cn(CC(=O)N2CCCC23CCCNC3=O)c2ccccc12)C1CC1. The molecular formula is C22H25N3O3. The van der Waals surface area contributed by atoms with Gasteiger partial charge in [0.05, 0.1) is 0 Å². The molecule has 5 rings (SSSR count). The molecule has 0 radical (unpaired) electrons. The first-order valence-electron chi connectivity index (χ1n) is 10.3. The number of para-hydroxylation sites is 1. The van der Waals surface area contributed by atoms with Crippen molar-refractivity contribution < 1.29 is 14.4 Å². The highest BCUT2D eigenvalue weighted by atomic mass is 16.2. The van der Waals surface area contributed by atoms with Crippen LogP contribution >= 0.6 is 0 Å². The predicted octanol–water partition coefficient (Wildman–Crippen LogP) is 2.51. The molecule has 6 heteroatoms. The summed E-state index contributed by atoms with van der Waals surface area (Å²) in [4.78, 5) is 40.3. The normalized spacial score (nSPS) is 24.7. The second-order valence-corrected chi connectivity index (χ2v) is 8.37. The molecule has 1 aromatic heterocycles. The minimum absolute atomic E-state index is 0.00781. The van der Waals surface area contributed by atoms with E-state index < -0.39 is 5.54 Å². The number of nitrogens with one attached hydrogen (secondary N) is 1. The van der Waals surface area contributed by atoms with Gasteiger partial charge in [-0.2, -0.15) is 0 Å². The Bertz CT molecular complexity index is 975. The van der Waals surface area contributed by atoms with E-state index in [1.807, 2.05) is 35.0 Å². The number of hydrogen-bond acceptors (Lipinski definition) is 3. The van der Waals surface area contributed by atoms with Crippen LogP contribution in [0.4, 0.5) is 0 Å². The van der Waals surface area contributed by atoms with Crippen molar-refractivity contribution in [2.75, 3.05) is 13.1 Å². The number of fused-ring (bicyclic) bond motifs is 1. The van der Waals surface area contributed by atoms with Crippen molar-refractivity contribution in [3.63, 3.8) is 0 Å². The van der Waals surface area contributed by atoms with Gasteiger partial charge in [-0.3, -0.25) is 14.4 Å². The van der Waals surface area contributed by atoms with E-state index in [1.54, 1.807) is 4.90 Å². The van der Waals surface area contributed by atoms with Crippen molar-refractivity contribution in [3.05, 3.63) is 36.0 Å². The Morgan fingerprint density at radius 1 is 1.14 bits per heavy atom. The summed E-state index contributed by atoms with van der Waals surface area (Å²) in [6, 6.07) is 7.78. The number of rotatable bonds is 4. The van der Waals surface area contributed by atoms with Gasteiger partial charge in [0.15, 0.2) is 5.78 Å². The Morgan fingerprint density at radius 3 is 2.71 bits per heavy atom. The molecule has 2 amide bonds. The van der Waals surface area contributed by atoms with E-state index in [0.717, 1.165) is 55.0 Å². The summed E-state index contributed by atoms with van der Waals surface area (Å²) in [7, 11) is 0. The van der Waals surface area contributed by atoms with Gasteiger partial charge in [0.25, 0.3) is 0 Å². The standard InChI is InChI=1S/C22H25N3O3/c26-19(25-12-4-10-22(25)9-3-11-23-21(22)28)14-24-13-17(20(27)15-7-8-15)16-5-1-2-6-18(16)24/h1-2,5-6,13,15H,3-4,7-12,14H2,(H,23,28). The Labute approximate surface area is 163 Å². The van der Waals surface area contributed by atoms with E-state index in [9.17, 15) is 14.4 Å². The average molecular weight is 379 g/mol. The molecule has 2 aromatic rings. The Morgan fingerprint density at radius 2 is 1.93 bits per heavy atom. The highest BCUT2D eigenvalue weighted by Gasteiger charge is 2.50. The van der Waals surface area contributed by atoms with Crippen LogP contribution < -0.4 is 5.32 Å². The topological polar surface area (TPSA) is 71.4 Å². The molecule has 6 nitrogen and oxygen atoms in total. The van der Waals surface area contributed by atoms with Crippen molar-refractivity contribution in [2.45, 2.75) is 50.6 Å². The lowest BCUT2D eigenvalue weighted by molar-refractivity contribution is -0.147. The van der Waals surface area contributed by atoms with Crippen LogP contribution in [0.3, 0.4) is 0 Å². The third kappa shape index (κ3) is 2.65. The third-order valence-corrected chi connectivity index (χ3v) is 6.57. The van der Waals surface area contributed by atoms with Gasteiger partial charge in [0.2, 0.25) is 11.8 Å². The minimum Gasteiger partial charge on any atom is -0.354 e. The van der Waals surface area contributed by atoms with Crippen LogP contribution in [0.2, 0.25) is 0 Å². The van der Waals surface area contributed by atoms with E-state index in [-0.39, 0.29) is 30.1 Å². The van der Waals surface area contributed by atoms with Crippen LogP contribution in [0.5, 0.6) is 0 Å². The molecule has 3 heterocycles. The quantitative estimate of drug-likeness (QED) is 0.830.